The van der Waals surface area contributed by atoms with Crippen LogP contribution in [0.5, 0.6) is 11.5 Å². The first-order chi connectivity index (χ1) is 10.0. The van der Waals surface area contributed by atoms with Gasteiger partial charge < -0.3 is 9.47 Å². The average molecular weight is 309 g/mol. The molecule has 1 aromatic carbocycles. The van der Waals surface area contributed by atoms with Crippen LogP contribution in [0.3, 0.4) is 0 Å². The molecule has 0 aliphatic heterocycles. The molecule has 0 bridgehead atoms. The van der Waals surface area contributed by atoms with Crippen LogP contribution in [0.25, 0.3) is 0 Å². The van der Waals surface area contributed by atoms with E-state index in [4.69, 9.17) is 21.1 Å². The lowest BCUT2D eigenvalue weighted by atomic mass is 9.88. The molecular weight excluding hydrogens is 284 g/mol. The van der Waals surface area contributed by atoms with Gasteiger partial charge in [0.25, 0.3) is 0 Å². The highest BCUT2D eigenvalue weighted by Crippen LogP contribution is 2.39. The molecule has 2 unspecified atom stereocenters. The molecule has 0 amide bonds. The molecule has 116 valence electrons. The Bertz CT molecular complexity index is 514. The Labute approximate surface area is 133 Å². The van der Waals surface area contributed by atoms with Gasteiger partial charge in [-0.3, -0.25) is 0 Å². The molecular formula is C18H25ClO2. The Balaban J connectivity index is 3.17. The van der Waals surface area contributed by atoms with Crippen LogP contribution in [0, 0.1) is 17.8 Å². The van der Waals surface area contributed by atoms with E-state index in [-0.39, 0.29) is 11.8 Å². The number of halogens is 1. The first-order valence-corrected chi connectivity index (χ1v) is 8.00. The predicted molar refractivity (Wildman–Crippen MR) is 89.4 cm³/mol. The maximum atomic E-state index is 6.32. The Morgan fingerprint density at radius 3 is 2.24 bits per heavy atom. The van der Waals surface area contributed by atoms with Gasteiger partial charge in [-0.2, -0.15) is 0 Å². The predicted octanol–water partition coefficient (Wildman–Crippen LogP) is 5.29. The molecule has 0 radical (unpaired) electrons. The molecule has 0 aromatic heterocycles. The zero-order chi connectivity index (χ0) is 15.8. The van der Waals surface area contributed by atoms with Gasteiger partial charge in [0.2, 0.25) is 0 Å². The van der Waals surface area contributed by atoms with E-state index in [1.54, 1.807) is 0 Å². The number of benzene rings is 1. The molecule has 1 aromatic rings. The van der Waals surface area contributed by atoms with Crippen LogP contribution in [0.1, 0.15) is 52.5 Å². The van der Waals surface area contributed by atoms with E-state index in [2.05, 4.69) is 32.6 Å². The van der Waals surface area contributed by atoms with E-state index >= 15 is 0 Å². The second kappa shape index (κ2) is 8.85. The second-order valence-electron chi connectivity index (χ2n) is 4.94. The average Bonchev–Trinajstić information content (AvgIpc) is 2.47. The van der Waals surface area contributed by atoms with Crippen LogP contribution >= 0.6 is 11.6 Å². The van der Waals surface area contributed by atoms with Crippen molar-refractivity contribution in [2.75, 3.05) is 13.2 Å². The molecule has 0 fully saturated rings. The SMILES string of the molecule is CCC#CC(C)C(C)c1cc(Cl)c(OCC)cc1OCC. The zero-order valence-electron chi connectivity index (χ0n) is 13.6. The molecule has 0 saturated heterocycles. The Kier molecular flexibility index (Phi) is 7.47. The van der Waals surface area contributed by atoms with E-state index in [0.717, 1.165) is 17.7 Å². The van der Waals surface area contributed by atoms with Gasteiger partial charge in [0.1, 0.15) is 11.5 Å². The van der Waals surface area contributed by atoms with Crippen molar-refractivity contribution in [3.8, 4) is 23.3 Å². The van der Waals surface area contributed by atoms with E-state index < -0.39 is 0 Å². The number of hydrogen-bond acceptors (Lipinski definition) is 2. The third-order valence-electron chi connectivity index (χ3n) is 3.41. The lowest BCUT2D eigenvalue weighted by Gasteiger charge is -2.21. The van der Waals surface area contributed by atoms with E-state index in [1.165, 1.54) is 0 Å². The van der Waals surface area contributed by atoms with Crippen molar-refractivity contribution in [3.63, 3.8) is 0 Å². The summed E-state index contributed by atoms with van der Waals surface area (Å²) in [6.45, 7) is 11.5. The molecule has 1 rings (SSSR count). The van der Waals surface area contributed by atoms with Gasteiger partial charge in [-0.1, -0.05) is 38.3 Å². The van der Waals surface area contributed by atoms with Gasteiger partial charge in [-0.15, -0.1) is 5.92 Å². The topological polar surface area (TPSA) is 18.5 Å². The largest absolute Gasteiger partial charge is 0.493 e. The van der Waals surface area contributed by atoms with Crippen LogP contribution < -0.4 is 9.47 Å². The summed E-state index contributed by atoms with van der Waals surface area (Å²) in [4.78, 5) is 0. The lowest BCUT2D eigenvalue weighted by Crippen LogP contribution is -2.08. The molecule has 0 heterocycles. The molecule has 2 atom stereocenters. The van der Waals surface area contributed by atoms with Gasteiger partial charge in [0, 0.05) is 18.4 Å². The van der Waals surface area contributed by atoms with Gasteiger partial charge in [0.05, 0.1) is 18.2 Å². The lowest BCUT2D eigenvalue weighted by molar-refractivity contribution is 0.318. The quantitative estimate of drug-likeness (QED) is 0.665. The van der Waals surface area contributed by atoms with Crippen molar-refractivity contribution in [2.45, 2.75) is 47.0 Å². The van der Waals surface area contributed by atoms with Crippen molar-refractivity contribution in [1.82, 2.24) is 0 Å². The fraction of sp³-hybridized carbons (Fsp3) is 0.556. The van der Waals surface area contributed by atoms with Crippen LogP contribution in [0.4, 0.5) is 0 Å². The number of ether oxygens (including phenoxy) is 2. The fourth-order valence-corrected chi connectivity index (χ4v) is 2.34. The molecule has 0 N–H and O–H groups in total. The van der Waals surface area contributed by atoms with E-state index in [1.807, 2.05) is 26.0 Å². The van der Waals surface area contributed by atoms with Crippen LogP contribution in [0.2, 0.25) is 5.02 Å². The standard InChI is InChI=1S/C18H25ClO2/c1-6-9-10-13(4)14(5)15-11-16(19)18(21-8-3)12-17(15)20-7-2/h11-14H,6-8H2,1-5H3. The summed E-state index contributed by atoms with van der Waals surface area (Å²) in [5.41, 5.74) is 1.09. The number of hydrogen-bond donors (Lipinski definition) is 0. The third kappa shape index (κ3) is 4.86. The van der Waals surface area contributed by atoms with Crippen LogP contribution in [0.15, 0.2) is 12.1 Å². The zero-order valence-corrected chi connectivity index (χ0v) is 14.4. The third-order valence-corrected chi connectivity index (χ3v) is 3.71. The minimum atomic E-state index is 0.248. The minimum absolute atomic E-state index is 0.248. The van der Waals surface area contributed by atoms with Crippen LogP contribution in [-0.4, -0.2) is 13.2 Å². The van der Waals surface area contributed by atoms with Crippen molar-refractivity contribution in [2.24, 2.45) is 5.92 Å². The highest BCUT2D eigenvalue weighted by Gasteiger charge is 2.19. The highest BCUT2D eigenvalue weighted by atomic mass is 35.5. The minimum Gasteiger partial charge on any atom is -0.493 e. The Hall–Kier alpha value is -1.33. The van der Waals surface area contributed by atoms with Gasteiger partial charge in [0.15, 0.2) is 0 Å². The summed E-state index contributed by atoms with van der Waals surface area (Å²) in [6, 6.07) is 3.84. The summed E-state index contributed by atoms with van der Waals surface area (Å²) >= 11 is 6.32. The summed E-state index contributed by atoms with van der Waals surface area (Å²) in [6.07, 6.45) is 0.874. The molecule has 0 spiro atoms. The smallest absolute Gasteiger partial charge is 0.141 e. The van der Waals surface area contributed by atoms with Gasteiger partial charge >= 0.3 is 0 Å². The highest BCUT2D eigenvalue weighted by molar-refractivity contribution is 6.32. The maximum Gasteiger partial charge on any atom is 0.141 e. The second-order valence-corrected chi connectivity index (χ2v) is 5.35. The summed E-state index contributed by atoms with van der Waals surface area (Å²) in [7, 11) is 0. The normalized spacial score (nSPS) is 13.0. The summed E-state index contributed by atoms with van der Waals surface area (Å²) in [5.74, 6) is 8.43. The Morgan fingerprint density at radius 1 is 1.05 bits per heavy atom. The van der Waals surface area contributed by atoms with Crippen molar-refractivity contribution in [3.05, 3.63) is 22.7 Å². The molecule has 0 aliphatic rings. The van der Waals surface area contributed by atoms with E-state index in [0.29, 0.717) is 24.0 Å². The maximum absolute atomic E-state index is 6.32. The first kappa shape index (κ1) is 17.7. The van der Waals surface area contributed by atoms with Crippen molar-refractivity contribution >= 4 is 11.6 Å². The molecule has 0 saturated carbocycles. The first-order valence-electron chi connectivity index (χ1n) is 7.62. The molecule has 21 heavy (non-hydrogen) atoms. The van der Waals surface area contributed by atoms with Crippen LogP contribution in [-0.2, 0) is 0 Å². The fourth-order valence-electron chi connectivity index (χ4n) is 2.11. The Morgan fingerprint density at radius 2 is 1.67 bits per heavy atom. The van der Waals surface area contributed by atoms with E-state index in [9.17, 15) is 0 Å². The molecule has 2 nitrogen and oxygen atoms in total. The van der Waals surface area contributed by atoms with Crippen molar-refractivity contribution < 1.29 is 9.47 Å². The summed E-state index contributed by atoms with van der Waals surface area (Å²) < 4.78 is 11.3. The molecule has 3 heteroatoms. The molecule has 0 aliphatic carbocycles. The van der Waals surface area contributed by atoms with Gasteiger partial charge in [-0.05, 0) is 31.4 Å². The summed E-state index contributed by atoms with van der Waals surface area (Å²) in [5, 5.41) is 0.623. The monoisotopic (exact) mass is 308 g/mol. The number of rotatable bonds is 6. The van der Waals surface area contributed by atoms with Gasteiger partial charge in [-0.25, -0.2) is 0 Å². The van der Waals surface area contributed by atoms with Crippen molar-refractivity contribution in [1.29, 1.82) is 0 Å².